The largest absolute Gasteiger partial charge is 0.480 e. The average Bonchev–Trinajstić information content (AvgIpc) is 2.63. The number of hydrogen-bond acceptors (Lipinski definition) is 5. The molecule has 9 heteroatoms. The van der Waals surface area contributed by atoms with Gasteiger partial charge in [-0.25, -0.2) is 9.59 Å². The maximum absolute atomic E-state index is 11.2. The van der Waals surface area contributed by atoms with Gasteiger partial charge in [-0.05, 0) is 0 Å². The third-order valence-electron chi connectivity index (χ3n) is 2.36. The third kappa shape index (κ3) is 4.78. The van der Waals surface area contributed by atoms with Gasteiger partial charge in [0.05, 0.1) is 6.54 Å². The van der Waals surface area contributed by atoms with Gasteiger partial charge in [0, 0.05) is 25.0 Å². The minimum atomic E-state index is -1.11. The Bertz CT molecular complexity index is 385. The molecule has 0 aromatic carbocycles. The van der Waals surface area contributed by atoms with E-state index in [1.54, 1.807) is 0 Å². The molecule has 0 aromatic rings. The van der Waals surface area contributed by atoms with E-state index in [9.17, 15) is 19.2 Å². The van der Waals surface area contributed by atoms with Gasteiger partial charge in [0.15, 0.2) is 0 Å². The monoisotopic (exact) mass is 289 g/mol. The van der Waals surface area contributed by atoms with Crippen molar-refractivity contribution in [1.82, 2.24) is 15.5 Å². The van der Waals surface area contributed by atoms with Crippen molar-refractivity contribution >= 4 is 35.6 Å². The van der Waals surface area contributed by atoms with Gasteiger partial charge in [0.2, 0.25) is 11.8 Å². The molecule has 0 unspecified atom stereocenters. The summed E-state index contributed by atoms with van der Waals surface area (Å²) in [5.41, 5.74) is 0. The predicted molar refractivity (Wildman–Crippen MR) is 67.7 cm³/mol. The van der Waals surface area contributed by atoms with E-state index in [4.69, 9.17) is 5.11 Å². The highest BCUT2D eigenvalue weighted by Crippen LogP contribution is 2.07. The number of aliphatic carboxylic acids is 1. The number of carboxylic acid groups (broad SMARTS) is 1. The van der Waals surface area contributed by atoms with Gasteiger partial charge >= 0.3 is 12.0 Å². The molecule has 106 valence electrons. The Kier molecular flexibility index (Phi) is 5.61. The summed E-state index contributed by atoms with van der Waals surface area (Å²) < 4.78 is 0. The van der Waals surface area contributed by atoms with Gasteiger partial charge in [0.25, 0.3) is 0 Å². The van der Waals surface area contributed by atoms with Gasteiger partial charge in [-0.15, -0.1) is 0 Å². The van der Waals surface area contributed by atoms with Crippen LogP contribution in [0.3, 0.4) is 0 Å². The number of hydrogen-bond donors (Lipinski definition) is 3. The maximum atomic E-state index is 11.2. The number of rotatable bonds is 7. The lowest BCUT2D eigenvalue weighted by Gasteiger charge is -2.14. The molecule has 4 amide bonds. The van der Waals surface area contributed by atoms with Crippen molar-refractivity contribution in [3.8, 4) is 0 Å². The zero-order valence-electron chi connectivity index (χ0n) is 10.3. The highest BCUT2D eigenvalue weighted by molar-refractivity contribution is 7.99. The van der Waals surface area contributed by atoms with Crippen LogP contribution in [0.1, 0.15) is 6.92 Å². The maximum Gasteiger partial charge on any atom is 0.327 e. The molecule has 1 fully saturated rings. The van der Waals surface area contributed by atoms with E-state index in [1.165, 1.54) is 18.7 Å². The van der Waals surface area contributed by atoms with Crippen LogP contribution in [0.2, 0.25) is 0 Å². The number of carboxylic acids is 1. The molecule has 0 bridgehead atoms. The fourth-order valence-electron chi connectivity index (χ4n) is 1.46. The molecule has 0 aromatic heterocycles. The SMILES string of the molecule is CC(=O)N[C@@H](CSCCN1C(=O)CNC1=O)C(=O)O. The van der Waals surface area contributed by atoms with Crippen LogP contribution < -0.4 is 10.6 Å². The van der Waals surface area contributed by atoms with Crippen molar-refractivity contribution in [2.45, 2.75) is 13.0 Å². The third-order valence-corrected chi connectivity index (χ3v) is 3.40. The molecule has 1 heterocycles. The lowest BCUT2D eigenvalue weighted by atomic mass is 10.3. The molecular formula is C10H15N3O5S. The summed E-state index contributed by atoms with van der Waals surface area (Å²) in [4.78, 5) is 45.2. The first-order valence-corrected chi connectivity index (χ1v) is 6.73. The summed E-state index contributed by atoms with van der Waals surface area (Å²) in [5.74, 6) is -1.22. The van der Waals surface area contributed by atoms with Gasteiger partial charge in [-0.3, -0.25) is 14.5 Å². The summed E-state index contributed by atoms with van der Waals surface area (Å²) in [5, 5.41) is 13.6. The lowest BCUT2D eigenvalue weighted by molar-refractivity contribution is -0.140. The molecule has 0 spiro atoms. The zero-order chi connectivity index (χ0) is 14.4. The highest BCUT2D eigenvalue weighted by atomic mass is 32.2. The Morgan fingerprint density at radius 2 is 2.21 bits per heavy atom. The first-order chi connectivity index (χ1) is 8.91. The predicted octanol–water partition coefficient (Wildman–Crippen LogP) is -1.14. The second-order valence-electron chi connectivity index (χ2n) is 3.87. The lowest BCUT2D eigenvalue weighted by Crippen LogP contribution is -2.41. The summed E-state index contributed by atoms with van der Waals surface area (Å²) in [6, 6.07) is -1.40. The number of amides is 4. The number of carbonyl (C=O) groups is 4. The quantitative estimate of drug-likeness (QED) is 0.403. The van der Waals surface area contributed by atoms with Gasteiger partial charge in [-0.2, -0.15) is 11.8 Å². The van der Waals surface area contributed by atoms with E-state index < -0.39 is 23.9 Å². The van der Waals surface area contributed by atoms with Crippen LogP contribution in [0, 0.1) is 0 Å². The minimum absolute atomic E-state index is 0.00709. The second kappa shape index (κ2) is 6.98. The Balaban J connectivity index is 2.28. The van der Waals surface area contributed by atoms with Gasteiger partial charge < -0.3 is 15.7 Å². The van der Waals surface area contributed by atoms with Crippen LogP contribution in [-0.4, -0.2) is 64.5 Å². The second-order valence-corrected chi connectivity index (χ2v) is 5.02. The van der Waals surface area contributed by atoms with Crippen LogP contribution in [-0.2, 0) is 14.4 Å². The number of urea groups is 1. The molecule has 0 aliphatic carbocycles. The van der Waals surface area contributed by atoms with Crippen LogP contribution in [0.25, 0.3) is 0 Å². The normalized spacial score (nSPS) is 16.2. The van der Waals surface area contributed by atoms with Crippen molar-refractivity contribution in [3.05, 3.63) is 0 Å². The molecule has 1 aliphatic heterocycles. The van der Waals surface area contributed by atoms with E-state index >= 15 is 0 Å². The molecule has 8 nitrogen and oxygen atoms in total. The first-order valence-electron chi connectivity index (χ1n) is 5.57. The van der Waals surface area contributed by atoms with Crippen LogP contribution >= 0.6 is 11.8 Å². The van der Waals surface area contributed by atoms with E-state index in [1.807, 2.05) is 0 Å². The smallest absolute Gasteiger partial charge is 0.327 e. The molecular weight excluding hydrogens is 274 g/mol. The number of imide groups is 1. The Morgan fingerprint density at radius 3 is 2.68 bits per heavy atom. The fourth-order valence-corrected chi connectivity index (χ4v) is 2.40. The Labute approximate surface area is 113 Å². The van der Waals surface area contributed by atoms with Crippen LogP contribution in [0.4, 0.5) is 4.79 Å². The molecule has 1 aliphatic rings. The molecule has 1 saturated heterocycles. The zero-order valence-corrected chi connectivity index (χ0v) is 11.2. The van der Waals surface area contributed by atoms with Gasteiger partial charge in [0.1, 0.15) is 6.04 Å². The number of nitrogens with one attached hydrogen (secondary N) is 2. The van der Waals surface area contributed by atoms with Crippen molar-refractivity contribution in [2.24, 2.45) is 0 Å². The average molecular weight is 289 g/mol. The number of thioether (sulfide) groups is 1. The Morgan fingerprint density at radius 1 is 1.53 bits per heavy atom. The van der Waals surface area contributed by atoms with Crippen molar-refractivity contribution in [2.75, 3.05) is 24.6 Å². The summed E-state index contributed by atoms with van der Waals surface area (Å²) in [7, 11) is 0. The minimum Gasteiger partial charge on any atom is -0.480 e. The number of carbonyl (C=O) groups excluding carboxylic acids is 3. The van der Waals surface area contributed by atoms with Crippen LogP contribution in [0.5, 0.6) is 0 Å². The van der Waals surface area contributed by atoms with Crippen molar-refractivity contribution in [1.29, 1.82) is 0 Å². The number of nitrogens with zero attached hydrogens (tertiary/aromatic N) is 1. The molecule has 1 atom stereocenters. The van der Waals surface area contributed by atoms with Crippen molar-refractivity contribution < 1.29 is 24.3 Å². The van der Waals surface area contributed by atoms with Crippen molar-refractivity contribution in [3.63, 3.8) is 0 Å². The summed E-state index contributed by atoms with van der Waals surface area (Å²) >= 11 is 1.25. The van der Waals surface area contributed by atoms with Gasteiger partial charge in [-0.1, -0.05) is 0 Å². The highest BCUT2D eigenvalue weighted by Gasteiger charge is 2.27. The molecule has 0 saturated carbocycles. The molecule has 1 rings (SSSR count). The van der Waals surface area contributed by atoms with E-state index in [-0.39, 0.29) is 24.7 Å². The topological polar surface area (TPSA) is 116 Å². The molecule has 0 radical (unpaired) electrons. The Hall–Kier alpha value is -1.77. The van der Waals surface area contributed by atoms with E-state index in [0.29, 0.717) is 5.75 Å². The fraction of sp³-hybridized carbons (Fsp3) is 0.600. The van der Waals surface area contributed by atoms with E-state index in [0.717, 1.165) is 4.90 Å². The summed E-state index contributed by atoms with van der Waals surface area (Å²) in [6.45, 7) is 1.47. The van der Waals surface area contributed by atoms with Crippen LogP contribution in [0.15, 0.2) is 0 Å². The standard InChI is InChI=1S/C10H15N3O5S/c1-6(14)12-7(9(16)17)5-19-3-2-13-8(15)4-11-10(13)18/h7H,2-5H2,1H3,(H,11,18)(H,12,14)(H,16,17)/t7-/m0/s1. The van der Waals surface area contributed by atoms with E-state index in [2.05, 4.69) is 10.6 Å². The molecule has 3 N–H and O–H groups in total. The first kappa shape index (κ1) is 15.3. The molecule has 19 heavy (non-hydrogen) atoms. The summed E-state index contributed by atoms with van der Waals surface area (Å²) in [6.07, 6.45) is 0.